The Bertz CT molecular complexity index is 679. The van der Waals surface area contributed by atoms with E-state index in [1.54, 1.807) is 36.4 Å². The third kappa shape index (κ3) is 3.85. The highest BCUT2D eigenvalue weighted by molar-refractivity contribution is 5.88. The number of hydrogen-bond donors (Lipinski definition) is 2. The van der Waals surface area contributed by atoms with Gasteiger partial charge in [-0.25, -0.2) is 0 Å². The molecule has 1 amide bonds. The summed E-state index contributed by atoms with van der Waals surface area (Å²) in [5, 5.41) is 16.8. The van der Waals surface area contributed by atoms with Crippen LogP contribution in [0, 0.1) is 0 Å². The van der Waals surface area contributed by atoms with E-state index in [0.717, 1.165) is 5.56 Å². The molecular formula is C16H16N4O2. The third-order valence-corrected chi connectivity index (χ3v) is 3.19. The number of benzene rings is 2. The van der Waals surface area contributed by atoms with Crippen LogP contribution in [0.15, 0.2) is 59.7 Å². The van der Waals surface area contributed by atoms with Gasteiger partial charge in [0.25, 0.3) is 0 Å². The van der Waals surface area contributed by atoms with Gasteiger partial charge in [0.1, 0.15) is 0 Å². The molecule has 2 aromatic rings. The van der Waals surface area contributed by atoms with E-state index >= 15 is 0 Å². The fourth-order valence-electron chi connectivity index (χ4n) is 2.17. The molecule has 2 atom stereocenters. The minimum absolute atomic E-state index is 0.162. The number of aliphatic hydroxyl groups is 1. The van der Waals surface area contributed by atoms with Gasteiger partial charge in [-0.15, -0.1) is 0 Å². The Hall–Kier alpha value is -2.82. The quantitative estimate of drug-likeness (QED) is 0.499. The van der Waals surface area contributed by atoms with Crippen LogP contribution < -0.4 is 5.32 Å². The van der Waals surface area contributed by atoms with Crippen molar-refractivity contribution in [2.75, 3.05) is 5.32 Å². The molecule has 0 saturated carbocycles. The standard InChI is InChI=1S/C16H16N4O2/c1-11(21)18-14-9-7-13(8-10-14)16(22)15(19-20-17)12-5-3-2-4-6-12/h2-10,15-16,22H,1H3,(H,18,21). The first-order valence-corrected chi connectivity index (χ1v) is 6.76. The number of rotatable bonds is 5. The fourth-order valence-corrected chi connectivity index (χ4v) is 2.17. The molecule has 0 aromatic heterocycles. The lowest BCUT2D eigenvalue weighted by Gasteiger charge is -2.19. The molecule has 2 aromatic carbocycles. The minimum Gasteiger partial charge on any atom is -0.388 e. The first-order valence-electron chi connectivity index (χ1n) is 6.76. The van der Waals surface area contributed by atoms with Gasteiger partial charge >= 0.3 is 0 Å². The van der Waals surface area contributed by atoms with Gasteiger partial charge in [-0.2, -0.15) is 0 Å². The van der Waals surface area contributed by atoms with Gasteiger partial charge in [0.2, 0.25) is 5.91 Å². The highest BCUT2D eigenvalue weighted by Crippen LogP contribution is 2.32. The number of anilines is 1. The van der Waals surface area contributed by atoms with Crippen LogP contribution in [0.1, 0.15) is 30.2 Å². The summed E-state index contributed by atoms with van der Waals surface area (Å²) in [7, 11) is 0. The smallest absolute Gasteiger partial charge is 0.221 e. The maximum Gasteiger partial charge on any atom is 0.221 e. The van der Waals surface area contributed by atoms with E-state index < -0.39 is 12.1 Å². The van der Waals surface area contributed by atoms with E-state index in [1.165, 1.54) is 6.92 Å². The van der Waals surface area contributed by atoms with E-state index in [0.29, 0.717) is 11.3 Å². The molecule has 2 rings (SSSR count). The monoisotopic (exact) mass is 296 g/mol. The average molecular weight is 296 g/mol. The molecule has 6 heteroatoms. The molecule has 0 saturated heterocycles. The first kappa shape index (κ1) is 15.6. The Morgan fingerprint density at radius 1 is 1.14 bits per heavy atom. The topological polar surface area (TPSA) is 98.1 Å². The molecule has 0 spiro atoms. The normalized spacial score (nSPS) is 12.8. The van der Waals surface area contributed by atoms with Crippen LogP contribution >= 0.6 is 0 Å². The third-order valence-electron chi connectivity index (χ3n) is 3.19. The number of hydrogen-bond acceptors (Lipinski definition) is 3. The number of azide groups is 1. The van der Waals surface area contributed by atoms with Gasteiger partial charge < -0.3 is 10.4 Å². The van der Waals surface area contributed by atoms with Crippen LogP contribution in [0.25, 0.3) is 10.4 Å². The number of amides is 1. The zero-order valence-electron chi connectivity index (χ0n) is 12.0. The van der Waals surface area contributed by atoms with Crippen molar-refractivity contribution in [2.45, 2.75) is 19.1 Å². The van der Waals surface area contributed by atoms with E-state index in [1.807, 2.05) is 18.2 Å². The SMILES string of the molecule is CC(=O)Nc1ccc(C(O)C(N=[N+]=[N-])c2ccccc2)cc1. The van der Waals surface area contributed by atoms with E-state index in [-0.39, 0.29) is 5.91 Å². The van der Waals surface area contributed by atoms with Crippen molar-refractivity contribution in [1.82, 2.24) is 0 Å². The fraction of sp³-hybridized carbons (Fsp3) is 0.188. The van der Waals surface area contributed by atoms with Gasteiger partial charge in [0, 0.05) is 17.5 Å². The summed E-state index contributed by atoms with van der Waals surface area (Å²) >= 11 is 0. The summed E-state index contributed by atoms with van der Waals surface area (Å²) < 4.78 is 0. The summed E-state index contributed by atoms with van der Waals surface area (Å²) in [6.45, 7) is 1.43. The molecule has 0 bridgehead atoms. The van der Waals surface area contributed by atoms with Crippen molar-refractivity contribution in [2.24, 2.45) is 5.11 Å². The lowest BCUT2D eigenvalue weighted by Crippen LogP contribution is -2.09. The second-order valence-corrected chi connectivity index (χ2v) is 4.81. The molecule has 6 nitrogen and oxygen atoms in total. The molecule has 0 fully saturated rings. The predicted octanol–water partition coefficient (Wildman–Crippen LogP) is 3.73. The molecular weight excluding hydrogens is 280 g/mol. The molecule has 112 valence electrons. The van der Waals surface area contributed by atoms with Gasteiger partial charge in [-0.05, 0) is 28.8 Å². The Morgan fingerprint density at radius 2 is 1.77 bits per heavy atom. The summed E-state index contributed by atoms with van der Waals surface area (Å²) in [6, 6.07) is 15.2. The largest absolute Gasteiger partial charge is 0.388 e. The van der Waals surface area contributed by atoms with Crippen LogP contribution in [0.3, 0.4) is 0 Å². The van der Waals surface area contributed by atoms with Gasteiger partial charge in [-0.3, -0.25) is 4.79 Å². The van der Waals surface area contributed by atoms with Crippen molar-refractivity contribution in [1.29, 1.82) is 0 Å². The summed E-state index contributed by atoms with van der Waals surface area (Å²) in [4.78, 5) is 13.8. The second kappa shape index (κ2) is 7.26. The number of carbonyl (C=O) groups is 1. The van der Waals surface area contributed by atoms with Crippen molar-refractivity contribution < 1.29 is 9.90 Å². The summed E-state index contributed by atoms with van der Waals surface area (Å²) in [5.41, 5.74) is 10.7. The van der Waals surface area contributed by atoms with Crippen molar-refractivity contribution >= 4 is 11.6 Å². The van der Waals surface area contributed by atoms with Crippen molar-refractivity contribution in [3.8, 4) is 0 Å². The van der Waals surface area contributed by atoms with Gasteiger partial charge in [-0.1, -0.05) is 47.6 Å². The second-order valence-electron chi connectivity index (χ2n) is 4.81. The minimum atomic E-state index is -0.968. The van der Waals surface area contributed by atoms with E-state index in [2.05, 4.69) is 15.3 Å². The molecule has 0 radical (unpaired) electrons. The molecule has 2 N–H and O–H groups in total. The van der Waals surface area contributed by atoms with E-state index in [4.69, 9.17) is 5.53 Å². The van der Waals surface area contributed by atoms with Crippen LogP contribution in [-0.2, 0) is 4.79 Å². The highest BCUT2D eigenvalue weighted by Gasteiger charge is 2.21. The molecule has 2 unspecified atom stereocenters. The van der Waals surface area contributed by atoms with Gasteiger partial charge in [0.15, 0.2) is 0 Å². The highest BCUT2D eigenvalue weighted by atomic mass is 16.3. The average Bonchev–Trinajstić information content (AvgIpc) is 2.53. The zero-order valence-corrected chi connectivity index (χ0v) is 12.0. The van der Waals surface area contributed by atoms with Crippen LogP contribution in [0.5, 0.6) is 0 Å². The molecule has 0 aliphatic rings. The first-order chi connectivity index (χ1) is 10.6. The number of carbonyl (C=O) groups excluding carboxylic acids is 1. The Morgan fingerprint density at radius 3 is 2.32 bits per heavy atom. The van der Waals surface area contributed by atoms with Crippen LogP contribution in [0.4, 0.5) is 5.69 Å². The Balaban J connectivity index is 2.25. The molecule has 22 heavy (non-hydrogen) atoms. The van der Waals surface area contributed by atoms with Crippen molar-refractivity contribution in [3.05, 3.63) is 76.2 Å². The molecule has 0 aliphatic carbocycles. The molecule has 0 heterocycles. The predicted molar refractivity (Wildman–Crippen MR) is 84.0 cm³/mol. The zero-order chi connectivity index (χ0) is 15.9. The number of nitrogens with one attached hydrogen (secondary N) is 1. The lowest BCUT2D eigenvalue weighted by atomic mass is 9.96. The Kier molecular flexibility index (Phi) is 5.14. The van der Waals surface area contributed by atoms with Crippen LogP contribution in [-0.4, -0.2) is 11.0 Å². The summed E-state index contributed by atoms with van der Waals surface area (Å²) in [6.07, 6.45) is -0.968. The van der Waals surface area contributed by atoms with Crippen molar-refractivity contribution in [3.63, 3.8) is 0 Å². The Labute approximate surface area is 128 Å². The van der Waals surface area contributed by atoms with Gasteiger partial charge in [0.05, 0.1) is 12.1 Å². The van der Waals surface area contributed by atoms with E-state index in [9.17, 15) is 9.90 Å². The lowest BCUT2D eigenvalue weighted by molar-refractivity contribution is -0.114. The summed E-state index contributed by atoms with van der Waals surface area (Å²) in [5.74, 6) is -0.162. The molecule has 0 aliphatic heterocycles. The van der Waals surface area contributed by atoms with Crippen LogP contribution in [0.2, 0.25) is 0 Å². The number of nitrogens with zero attached hydrogens (tertiary/aromatic N) is 3. The maximum absolute atomic E-state index is 11.0. The maximum atomic E-state index is 11.0. The number of aliphatic hydroxyl groups excluding tert-OH is 1.